The minimum atomic E-state index is 0.710. The maximum absolute atomic E-state index is 5.73. The Hall–Kier alpha value is -1.35. The number of rotatable bonds is 9. The Morgan fingerprint density at radius 2 is 2.32 bits per heavy atom. The van der Waals surface area contributed by atoms with Gasteiger partial charge >= 0.3 is 0 Å². The Morgan fingerprint density at radius 1 is 1.47 bits per heavy atom. The second kappa shape index (κ2) is 7.29. The van der Waals surface area contributed by atoms with Gasteiger partial charge in [-0.05, 0) is 43.7 Å². The van der Waals surface area contributed by atoms with Gasteiger partial charge in [-0.2, -0.15) is 0 Å². The number of unbranched alkanes of at least 4 members (excludes halogenated alkanes) is 1. The van der Waals surface area contributed by atoms with Gasteiger partial charge in [0, 0.05) is 24.3 Å². The van der Waals surface area contributed by atoms with Crippen LogP contribution in [0.5, 0.6) is 5.88 Å². The normalized spacial score (nSPS) is 14.4. The van der Waals surface area contributed by atoms with Crippen LogP contribution in [0.2, 0.25) is 0 Å². The van der Waals surface area contributed by atoms with Crippen molar-refractivity contribution >= 4 is 0 Å². The van der Waals surface area contributed by atoms with E-state index in [-0.39, 0.29) is 0 Å². The summed E-state index contributed by atoms with van der Waals surface area (Å²) in [6.45, 7) is 7.47. The van der Waals surface area contributed by atoms with Crippen molar-refractivity contribution in [3.05, 3.63) is 36.0 Å². The van der Waals surface area contributed by atoms with Gasteiger partial charge in [0.05, 0.1) is 6.61 Å². The SMILES string of the molecule is C=CCCCOc1cc(CNC2CC2)cc(CC)n1. The zero-order chi connectivity index (χ0) is 13.5. The first-order valence-corrected chi connectivity index (χ1v) is 7.28. The molecule has 0 spiro atoms. The van der Waals surface area contributed by atoms with Gasteiger partial charge in [-0.3, -0.25) is 0 Å². The molecule has 0 amide bonds. The predicted octanol–water partition coefficient (Wildman–Crippen LogP) is 3.24. The molecule has 104 valence electrons. The highest BCUT2D eigenvalue weighted by Crippen LogP contribution is 2.20. The molecule has 1 saturated carbocycles. The Balaban J connectivity index is 1.91. The Kier molecular flexibility index (Phi) is 5.40. The fraction of sp³-hybridized carbons (Fsp3) is 0.562. The number of ether oxygens (including phenoxy) is 1. The van der Waals surface area contributed by atoms with Crippen LogP contribution in [0, 0.1) is 0 Å². The van der Waals surface area contributed by atoms with E-state index in [1.807, 2.05) is 6.08 Å². The summed E-state index contributed by atoms with van der Waals surface area (Å²) < 4.78 is 5.73. The summed E-state index contributed by atoms with van der Waals surface area (Å²) in [6, 6.07) is 4.96. The average Bonchev–Trinajstić information content (AvgIpc) is 3.25. The van der Waals surface area contributed by atoms with Gasteiger partial charge in [0.25, 0.3) is 0 Å². The molecule has 1 heterocycles. The van der Waals surface area contributed by atoms with Crippen LogP contribution in [-0.2, 0) is 13.0 Å². The third-order valence-electron chi connectivity index (χ3n) is 3.25. The van der Waals surface area contributed by atoms with E-state index < -0.39 is 0 Å². The van der Waals surface area contributed by atoms with E-state index in [9.17, 15) is 0 Å². The number of aromatic nitrogens is 1. The van der Waals surface area contributed by atoms with Crippen molar-refractivity contribution in [3.63, 3.8) is 0 Å². The third-order valence-corrected chi connectivity index (χ3v) is 3.25. The molecular formula is C16H24N2O. The lowest BCUT2D eigenvalue weighted by molar-refractivity contribution is 0.299. The molecule has 2 rings (SSSR count). The van der Waals surface area contributed by atoms with Crippen LogP contribution < -0.4 is 10.1 Å². The lowest BCUT2D eigenvalue weighted by Crippen LogP contribution is -2.15. The minimum Gasteiger partial charge on any atom is -0.478 e. The monoisotopic (exact) mass is 260 g/mol. The molecule has 1 N–H and O–H groups in total. The molecule has 1 aromatic heterocycles. The highest BCUT2D eigenvalue weighted by molar-refractivity contribution is 5.25. The Labute approximate surface area is 116 Å². The van der Waals surface area contributed by atoms with Crippen molar-refractivity contribution in [2.75, 3.05) is 6.61 Å². The van der Waals surface area contributed by atoms with Gasteiger partial charge in [-0.1, -0.05) is 13.0 Å². The zero-order valence-corrected chi connectivity index (χ0v) is 11.8. The fourth-order valence-electron chi connectivity index (χ4n) is 1.93. The highest BCUT2D eigenvalue weighted by atomic mass is 16.5. The maximum atomic E-state index is 5.73. The topological polar surface area (TPSA) is 34.1 Å². The smallest absolute Gasteiger partial charge is 0.213 e. The van der Waals surface area contributed by atoms with Crippen LogP contribution in [0.3, 0.4) is 0 Å². The lowest BCUT2D eigenvalue weighted by atomic mass is 10.2. The summed E-state index contributed by atoms with van der Waals surface area (Å²) in [5.74, 6) is 0.760. The summed E-state index contributed by atoms with van der Waals surface area (Å²) in [4.78, 5) is 4.52. The summed E-state index contributed by atoms with van der Waals surface area (Å²) in [5.41, 5.74) is 2.38. The Bertz CT molecular complexity index is 413. The van der Waals surface area contributed by atoms with E-state index in [2.05, 4.69) is 35.9 Å². The first-order valence-electron chi connectivity index (χ1n) is 7.28. The molecule has 0 saturated heterocycles. The third kappa shape index (κ3) is 5.03. The molecule has 0 atom stereocenters. The largest absolute Gasteiger partial charge is 0.478 e. The summed E-state index contributed by atoms with van der Waals surface area (Å²) in [5, 5.41) is 3.53. The first kappa shape index (κ1) is 14.1. The van der Waals surface area contributed by atoms with Crippen LogP contribution in [-0.4, -0.2) is 17.6 Å². The number of pyridine rings is 1. The van der Waals surface area contributed by atoms with Crippen LogP contribution in [0.25, 0.3) is 0 Å². The number of nitrogens with one attached hydrogen (secondary N) is 1. The summed E-state index contributed by atoms with van der Waals surface area (Å²) >= 11 is 0. The molecule has 1 aliphatic carbocycles. The highest BCUT2D eigenvalue weighted by Gasteiger charge is 2.20. The maximum Gasteiger partial charge on any atom is 0.213 e. The summed E-state index contributed by atoms with van der Waals surface area (Å²) in [7, 11) is 0. The number of hydrogen-bond acceptors (Lipinski definition) is 3. The molecule has 0 bridgehead atoms. The van der Waals surface area contributed by atoms with E-state index in [4.69, 9.17) is 4.74 Å². The van der Waals surface area contributed by atoms with Crippen molar-refractivity contribution < 1.29 is 4.74 Å². The molecule has 0 radical (unpaired) electrons. The number of nitrogens with zero attached hydrogens (tertiary/aromatic N) is 1. The minimum absolute atomic E-state index is 0.710. The number of hydrogen-bond donors (Lipinski definition) is 1. The zero-order valence-electron chi connectivity index (χ0n) is 11.8. The molecule has 3 nitrogen and oxygen atoms in total. The number of aryl methyl sites for hydroxylation is 1. The van der Waals surface area contributed by atoms with Crippen molar-refractivity contribution in [2.24, 2.45) is 0 Å². The molecule has 0 aromatic carbocycles. The van der Waals surface area contributed by atoms with E-state index in [0.29, 0.717) is 6.61 Å². The van der Waals surface area contributed by atoms with Gasteiger partial charge in [0.15, 0.2) is 0 Å². The van der Waals surface area contributed by atoms with Gasteiger partial charge in [-0.25, -0.2) is 4.98 Å². The van der Waals surface area contributed by atoms with Gasteiger partial charge in [-0.15, -0.1) is 6.58 Å². The van der Waals surface area contributed by atoms with Crippen molar-refractivity contribution in [1.29, 1.82) is 0 Å². The first-order chi connectivity index (χ1) is 9.31. The van der Waals surface area contributed by atoms with Crippen LogP contribution >= 0.6 is 0 Å². The number of allylic oxidation sites excluding steroid dienone is 1. The molecular weight excluding hydrogens is 236 g/mol. The molecule has 1 fully saturated rings. The second-order valence-corrected chi connectivity index (χ2v) is 5.09. The lowest BCUT2D eigenvalue weighted by Gasteiger charge is -2.10. The predicted molar refractivity (Wildman–Crippen MR) is 78.4 cm³/mol. The van der Waals surface area contributed by atoms with Gasteiger partial charge in [0.1, 0.15) is 0 Å². The molecule has 3 heteroatoms. The standard InChI is InChI=1S/C16H24N2O/c1-3-5-6-9-19-16-11-13(10-14(4-2)18-16)12-17-15-7-8-15/h3,10-11,15,17H,1,4-9,12H2,2H3. The van der Waals surface area contributed by atoms with E-state index in [1.54, 1.807) is 0 Å². The molecule has 19 heavy (non-hydrogen) atoms. The average molecular weight is 260 g/mol. The fourth-order valence-corrected chi connectivity index (χ4v) is 1.93. The van der Waals surface area contributed by atoms with Crippen molar-refractivity contribution in [1.82, 2.24) is 10.3 Å². The second-order valence-electron chi connectivity index (χ2n) is 5.09. The quantitative estimate of drug-likeness (QED) is 0.547. The van der Waals surface area contributed by atoms with E-state index in [0.717, 1.165) is 43.4 Å². The van der Waals surface area contributed by atoms with Crippen LogP contribution in [0.15, 0.2) is 24.8 Å². The molecule has 0 unspecified atom stereocenters. The van der Waals surface area contributed by atoms with Crippen molar-refractivity contribution in [2.45, 2.75) is 51.6 Å². The molecule has 1 aliphatic rings. The van der Waals surface area contributed by atoms with E-state index in [1.165, 1.54) is 18.4 Å². The summed E-state index contributed by atoms with van der Waals surface area (Å²) in [6.07, 6.45) is 7.48. The Morgan fingerprint density at radius 3 is 3.00 bits per heavy atom. The van der Waals surface area contributed by atoms with Crippen molar-refractivity contribution in [3.8, 4) is 5.88 Å². The van der Waals surface area contributed by atoms with Crippen LogP contribution in [0.4, 0.5) is 0 Å². The molecule has 1 aromatic rings. The van der Waals surface area contributed by atoms with Gasteiger partial charge < -0.3 is 10.1 Å². The van der Waals surface area contributed by atoms with Gasteiger partial charge in [0.2, 0.25) is 5.88 Å². The van der Waals surface area contributed by atoms with E-state index >= 15 is 0 Å². The molecule has 0 aliphatic heterocycles. The van der Waals surface area contributed by atoms with Crippen LogP contribution in [0.1, 0.15) is 43.9 Å².